The number of aromatic hydroxyl groups is 1. The normalized spacial score (nSPS) is 23.2. The van der Waals surface area contributed by atoms with Gasteiger partial charge in [0.2, 0.25) is 0 Å². The molecular formula is C15H21NO3. The third kappa shape index (κ3) is 2.67. The molecule has 1 heterocycles. The fraction of sp³-hybridized carbons (Fsp3) is 0.533. The number of rotatable bonds is 2. The van der Waals surface area contributed by atoms with E-state index in [1.165, 1.54) is 7.11 Å². The van der Waals surface area contributed by atoms with E-state index in [9.17, 15) is 9.90 Å². The Morgan fingerprint density at radius 2 is 2.11 bits per heavy atom. The van der Waals surface area contributed by atoms with Crippen LogP contribution in [-0.4, -0.2) is 35.6 Å². The van der Waals surface area contributed by atoms with Crippen LogP contribution in [0.25, 0.3) is 0 Å². The van der Waals surface area contributed by atoms with Crippen molar-refractivity contribution in [2.24, 2.45) is 5.92 Å². The Morgan fingerprint density at radius 1 is 1.37 bits per heavy atom. The number of carbonyl (C=O) groups is 1. The van der Waals surface area contributed by atoms with Crippen LogP contribution >= 0.6 is 0 Å². The van der Waals surface area contributed by atoms with Gasteiger partial charge in [-0.2, -0.15) is 0 Å². The summed E-state index contributed by atoms with van der Waals surface area (Å²) in [4.78, 5) is 14.4. The Morgan fingerprint density at radius 3 is 2.79 bits per heavy atom. The van der Waals surface area contributed by atoms with Gasteiger partial charge in [0, 0.05) is 12.6 Å². The van der Waals surface area contributed by atoms with Crippen molar-refractivity contribution < 1.29 is 14.6 Å². The lowest BCUT2D eigenvalue weighted by Gasteiger charge is -2.37. The summed E-state index contributed by atoms with van der Waals surface area (Å²) in [5.41, 5.74) is 0.320. The second-order valence-electron chi connectivity index (χ2n) is 5.35. The summed E-state index contributed by atoms with van der Waals surface area (Å²) in [6.45, 7) is 4.95. The van der Waals surface area contributed by atoms with Crippen molar-refractivity contribution in [3.63, 3.8) is 0 Å². The number of ether oxygens (including phenoxy) is 1. The van der Waals surface area contributed by atoms with Crippen molar-refractivity contribution in [1.82, 2.24) is 4.90 Å². The number of amides is 1. The van der Waals surface area contributed by atoms with Crippen molar-refractivity contribution >= 4 is 5.91 Å². The third-order valence-electron chi connectivity index (χ3n) is 3.83. The van der Waals surface area contributed by atoms with Crippen LogP contribution in [0, 0.1) is 5.92 Å². The van der Waals surface area contributed by atoms with Gasteiger partial charge in [-0.3, -0.25) is 4.79 Å². The third-order valence-corrected chi connectivity index (χ3v) is 3.83. The van der Waals surface area contributed by atoms with Crippen LogP contribution in [0.5, 0.6) is 11.5 Å². The molecule has 2 atom stereocenters. The molecule has 4 heteroatoms. The highest BCUT2D eigenvalue weighted by Crippen LogP contribution is 2.32. The lowest BCUT2D eigenvalue weighted by atomic mass is 9.94. The molecule has 0 saturated carbocycles. The molecule has 2 unspecified atom stereocenters. The molecule has 0 aromatic heterocycles. The first kappa shape index (κ1) is 13.7. The Bertz CT molecular complexity index is 472. The first-order chi connectivity index (χ1) is 9.04. The van der Waals surface area contributed by atoms with E-state index in [0.717, 1.165) is 19.4 Å². The number of benzene rings is 1. The highest BCUT2D eigenvalue weighted by Gasteiger charge is 2.29. The number of carbonyl (C=O) groups excluding carboxylic acids is 1. The van der Waals surface area contributed by atoms with Gasteiger partial charge in [0.1, 0.15) is 0 Å². The minimum atomic E-state index is -0.115. The quantitative estimate of drug-likeness (QED) is 0.892. The Balaban J connectivity index is 2.28. The fourth-order valence-corrected chi connectivity index (χ4v) is 2.59. The zero-order chi connectivity index (χ0) is 14.0. The summed E-state index contributed by atoms with van der Waals surface area (Å²) in [5.74, 6) is 0.660. The van der Waals surface area contributed by atoms with Crippen LogP contribution in [0.2, 0.25) is 0 Å². The zero-order valence-corrected chi connectivity index (χ0v) is 11.7. The first-order valence-corrected chi connectivity index (χ1v) is 6.71. The van der Waals surface area contributed by atoms with Gasteiger partial charge >= 0.3 is 0 Å². The second kappa shape index (κ2) is 5.51. The standard InChI is InChI=1S/C15H21NO3/c1-10-7-8-11(2)16(9-10)15(18)12-5-4-6-13(19-3)14(12)17/h4-6,10-11,17H,7-9H2,1-3H3. The smallest absolute Gasteiger partial charge is 0.258 e. The molecule has 1 saturated heterocycles. The maximum Gasteiger partial charge on any atom is 0.258 e. The van der Waals surface area contributed by atoms with Gasteiger partial charge in [0.05, 0.1) is 12.7 Å². The van der Waals surface area contributed by atoms with Crippen molar-refractivity contribution in [1.29, 1.82) is 0 Å². The van der Waals surface area contributed by atoms with Gasteiger partial charge in [-0.25, -0.2) is 0 Å². The molecule has 0 radical (unpaired) electrons. The number of para-hydroxylation sites is 1. The van der Waals surface area contributed by atoms with Gasteiger partial charge in [-0.05, 0) is 37.8 Å². The summed E-state index contributed by atoms with van der Waals surface area (Å²) >= 11 is 0. The van der Waals surface area contributed by atoms with Crippen LogP contribution in [0.4, 0.5) is 0 Å². The average molecular weight is 263 g/mol. The minimum absolute atomic E-state index is 0.0690. The molecular weight excluding hydrogens is 242 g/mol. The first-order valence-electron chi connectivity index (χ1n) is 6.71. The predicted octanol–water partition coefficient (Wildman–Crippen LogP) is 2.66. The second-order valence-corrected chi connectivity index (χ2v) is 5.35. The molecule has 1 amide bonds. The van der Waals surface area contributed by atoms with E-state index in [4.69, 9.17) is 4.74 Å². The van der Waals surface area contributed by atoms with Crippen LogP contribution in [0.1, 0.15) is 37.0 Å². The molecule has 0 bridgehead atoms. The van der Waals surface area contributed by atoms with Gasteiger partial charge in [0.15, 0.2) is 11.5 Å². The lowest BCUT2D eigenvalue weighted by Crippen LogP contribution is -2.44. The van der Waals surface area contributed by atoms with Gasteiger partial charge in [0.25, 0.3) is 5.91 Å². The maximum atomic E-state index is 12.6. The molecule has 1 N–H and O–H groups in total. The Hall–Kier alpha value is -1.71. The lowest BCUT2D eigenvalue weighted by molar-refractivity contribution is 0.0570. The number of piperidine rings is 1. The molecule has 1 aliphatic rings. The molecule has 104 valence electrons. The van der Waals surface area contributed by atoms with E-state index in [1.807, 2.05) is 4.90 Å². The largest absolute Gasteiger partial charge is 0.504 e. The maximum absolute atomic E-state index is 12.6. The van der Waals surface area contributed by atoms with E-state index in [2.05, 4.69) is 13.8 Å². The monoisotopic (exact) mass is 263 g/mol. The summed E-state index contributed by atoms with van der Waals surface area (Å²) in [6.07, 6.45) is 2.16. The Kier molecular flexibility index (Phi) is 3.98. The number of hydrogen-bond acceptors (Lipinski definition) is 3. The summed E-state index contributed by atoms with van der Waals surface area (Å²) in [7, 11) is 1.48. The summed E-state index contributed by atoms with van der Waals surface area (Å²) in [5, 5.41) is 10.1. The van der Waals surface area contributed by atoms with Gasteiger partial charge < -0.3 is 14.7 Å². The van der Waals surface area contributed by atoms with E-state index < -0.39 is 0 Å². The average Bonchev–Trinajstić information content (AvgIpc) is 2.41. The molecule has 1 aromatic carbocycles. The van der Waals surface area contributed by atoms with E-state index >= 15 is 0 Å². The van der Waals surface area contributed by atoms with Crippen molar-refractivity contribution in [2.45, 2.75) is 32.7 Å². The topological polar surface area (TPSA) is 49.8 Å². The number of nitrogens with zero attached hydrogens (tertiary/aromatic N) is 1. The highest BCUT2D eigenvalue weighted by atomic mass is 16.5. The number of hydrogen-bond donors (Lipinski definition) is 1. The van der Waals surface area contributed by atoms with Crippen molar-refractivity contribution in [2.75, 3.05) is 13.7 Å². The van der Waals surface area contributed by atoms with Crippen molar-refractivity contribution in [3.05, 3.63) is 23.8 Å². The number of phenols is 1. The molecule has 1 aliphatic heterocycles. The summed E-state index contributed by atoms with van der Waals surface area (Å²) in [6, 6.07) is 5.24. The van der Waals surface area contributed by atoms with Gasteiger partial charge in [-0.15, -0.1) is 0 Å². The SMILES string of the molecule is COc1cccc(C(=O)N2CC(C)CCC2C)c1O. The van der Waals surface area contributed by atoms with Crippen LogP contribution < -0.4 is 4.74 Å². The molecule has 0 spiro atoms. The minimum Gasteiger partial charge on any atom is -0.504 e. The van der Waals surface area contributed by atoms with E-state index in [0.29, 0.717) is 17.2 Å². The molecule has 1 fully saturated rings. The van der Waals surface area contributed by atoms with Crippen LogP contribution in [-0.2, 0) is 0 Å². The highest BCUT2D eigenvalue weighted by molar-refractivity contribution is 5.97. The molecule has 1 aromatic rings. The predicted molar refractivity (Wildman–Crippen MR) is 73.6 cm³/mol. The molecule has 4 nitrogen and oxygen atoms in total. The van der Waals surface area contributed by atoms with Crippen LogP contribution in [0.3, 0.4) is 0 Å². The van der Waals surface area contributed by atoms with Crippen LogP contribution in [0.15, 0.2) is 18.2 Å². The van der Waals surface area contributed by atoms with E-state index in [1.54, 1.807) is 18.2 Å². The number of likely N-dealkylation sites (tertiary alicyclic amines) is 1. The number of phenolic OH excluding ortho intramolecular Hbond substituents is 1. The summed E-state index contributed by atoms with van der Waals surface area (Å²) < 4.78 is 5.05. The van der Waals surface area contributed by atoms with E-state index in [-0.39, 0.29) is 17.7 Å². The number of methoxy groups -OCH3 is 1. The van der Waals surface area contributed by atoms with Crippen molar-refractivity contribution in [3.8, 4) is 11.5 Å². The molecule has 0 aliphatic carbocycles. The molecule has 19 heavy (non-hydrogen) atoms. The fourth-order valence-electron chi connectivity index (χ4n) is 2.59. The Labute approximate surface area is 114 Å². The molecule has 2 rings (SSSR count). The van der Waals surface area contributed by atoms with Gasteiger partial charge in [-0.1, -0.05) is 13.0 Å². The zero-order valence-electron chi connectivity index (χ0n) is 11.7.